The molecule has 96 valence electrons. The van der Waals surface area contributed by atoms with Crippen molar-refractivity contribution in [2.24, 2.45) is 5.92 Å². The predicted octanol–water partition coefficient (Wildman–Crippen LogP) is 0.682. The van der Waals surface area contributed by atoms with Crippen LogP contribution in [-0.2, 0) is 4.79 Å². The van der Waals surface area contributed by atoms with Crippen molar-refractivity contribution < 1.29 is 14.6 Å². The molecule has 1 aromatic carbocycles. The normalized spacial score (nSPS) is 11.4. The van der Waals surface area contributed by atoms with Gasteiger partial charge >= 0.3 is 0 Å². The van der Waals surface area contributed by atoms with Crippen LogP contribution in [0, 0.1) is 17.2 Å². The maximum absolute atomic E-state index is 11.4. The number of benzene rings is 1. The Hall–Kier alpha value is -2.06. The van der Waals surface area contributed by atoms with Crippen LogP contribution >= 0.6 is 0 Å². The van der Waals surface area contributed by atoms with Crippen molar-refractivity contribution in [3.05, 3.63) is 29.8 Å². The van der Waals surface area contributed by atoms with Crippen LogP contribution in [-0.4, -0.2) is 30.8 Å². The first-order valence-corrected chi connectivity index (χ1v) is 5.67. The SMILES string of the molecule is CC(CO)CNC(=O)COc1ccccc1C#N. The lowest BCUT2D eigenvalue weighted by atomic mass is 10.2. The molecule has 2 N–H and O–H groups in total. The first-order valence-electron chi connectivity index (χ1n) is 5.67. The van der Waals surface area contributed by atoms with E-state index in [0.717, 1.165) is 0 Å². The number of amides is 1. The molecule has 5 heteroatoms. The zero-order chi connectivity index (χ0) is 13.4. The van der Waals surface area contributed by atoms with Crippen LogP contribution in [0.25, 0.3) is 0 Å². The van der Waals surface area contributed by atoms with Gasteiger partial charge in [-0.25, -0.2) is 0 Å². The van der Waals surface area contributed by atoms with Gasteiger partial charge in [-0.2, -0.15) is 5.26 Å². The second kappa shape index (κ2) is 7.30. The molecule has 0 saturated carbocycles. The fraction of sp³-hybridized carbons (Fsp3) is 0.385. The molecule has 0 bridgehead atoms. The van der Waals surface area contributed by atoms with Crippen LogP contribution in [0.3, 0.4) is 0 Å². The second-order valence-corrected chi connectivity index (χ2v) is 3.99. The van der Waals surface area contributed by atoms with E-state index in [-0.39, 0.29) is 25.0 Å². The Morgan fingerprint density at radius 3 is 2.94 bits per heavy atom. The van der Waals surface area contributed by atoms with Gasteiger partial charge in [0.15, 0.2) is 6.61 Å². The van der Waals surface area contributed by atoms with Gasteiger partial charge in [0, 0.05) is 13.2 Å². The summed E-state index contributed by atoms with van der Waals surface area (Å²) in [6, 6.07) is 8.72. The van der Waals surface area contributed by atoms with Gasteiger partial charge in [-0.15, -0.1) is 0 Å². The molecule has 1 rings (SSSR count). The highest BCUT2D eigenvalue weighted by Crippen LogP contribution is 2.15. The van der Waals surface area contributed by atoms with Gasteiger partial charge < -0.3 is 15.2 Å². The molecule has 5 nitrogen and oxygen atoms in total. The Morgan fingerprint density at radius 1 is 1.56 bits per heavy atom. The largest absolute Gasteiger partial charge is 0.482 e. The van der Waals surface area contributed by atoms with Crippen LogP contribution in [0.4, 0.5) is 0 Å². The van der Waals surface area contributed by atoms with Crippen molar-refractivity contribution in [3.8, 4) is 11.8 Å². The van der Waals surface area contributed by atoms with Gasteiger partial charge in [-0.05, 0) is 18.1 Å². The number of hydrogen-bond acceptors (Lipinski definition) is 4. The molecule has 0 heterocycles. The van der Waals surface area contributed by atoms with Gasteiger partial charge in [-0.3, -0.25) is 4.79 Å². The molecule has 0 aliphatic heterocycles. The molecule has 0 fully saturated rings. The Balaban J connectivity index is 2.41. The molecule has 0 aliphatic rings. The highest BCUT2D eigenvalue weighted by atomic mass is 16.5. The Labute approximate surface area is 106 Å². The average molecular weight is 248 g/mol. The molecule has 0 radical (unpaired) electrons. The first-order chi connectivity index (χ1) is 8.67. The van der Waals surface area contributed by atoms with E-state index in [0.29, 0.717) is 17.9 Å². The summed E-state index contributed by atoms with van der Waals surface area (Å²) < 4.78 is 5.26. The Kier molecular flexibility index (Phi) is 5.68. The molecular formula is C13H16N2O3. The molecule has 18 heavy (non-hydrogen) atoms. The summed E-state index contributed by atoms with van der Waals surface area (Å²) in [5.74, 6) is 0.133. The second-order valence-electron chi connectivity index (χ2n) is 3.99. The van der Waals surface area contributed by atoms with Crippen molar-refractivity contribution in [2.45, 2.75) is 6.92 Å². The minimum Gasteiger partial charge on any atom is -0.482 e. The number of rotatable bonds is 6. The molecule has 0 saturated heterocycles. The van der Waals surface area contributed by atoms with E-state index in [1.54, 1.807) is 24.3 Å². The lowest BCUT2D eigenvalue weighted by Gasteiger charge is -2.11. The number of hydrogen-bond donors (Lipinski definition) is 2. The number of aliphatic hydroxyl groups excluding tert-OH is 1. The van der Waals surface area contributed by atoms with E-state index < -0.39 is 0 Å². The fourth-order valence-corrected chi connectivity index (χ4v) is 1.23. The number of para-hydroxylation sites is 1. The number of carbonyl (C=O) groups is 1. The molecular weight excluding hydrogens is 232 g/mol. The number of carbonyl (C=O) groups excluding carboxylic acids is 1. The smallest absolute Gasteiger partial charge is 0.257 e. The van der Waals surface area contributed by atoms with Crippen molar-refractivity contribution in [1.82, 2.24) is 5.32 Å². The van der Waals surface area contributed by atoms with Gasteiger partial charge in [0.2, 0.25) is 0 Å². The van der Waals surface area contributed by atoms with E-state index >= 15 is 0 Å². The third-order valence-electron chi connectivity index (χ3n) is 2.33. The van der Waals surface area contributed by atoms with Crippen molar-refractivity contribution in [3.63, 3.8) is 0 Å². The van der Waals surface area contributed by atoms with Crippen LogP contribution < -0.4 is 10.1 Å². The number of aliphatic hydroxyl groups is 1. The molecule has 0 spiro atoms. The predicted molar refractivity (Wildman–Crippen MR) is 65.9 cm³/mol. The van der Waals surface area contributed by atoms with Gasteiger partial charge in [0.25, 0.3) is 5.91 Å². The molecule has 0 aromatic heterocycles. The van der Waals surface area contributed by atoms with Crippen molar-refractivity contribution in [1.29, 1.82) is 5.26 Å². The van der Waals surface area contributed by atoms with Gasteiger partial charge in [-0.1, -0.05) is 19.1 Å². The molecule has 1 amide bonds. The third kappa shape index (κ3) is 4.44. The van der Waals surface area contributed by atoms with Crippen molar-refractivity contribution >= 4 is 5.91 Å². The lowest BCUT2D eigenvalue weighted by Crippen LogP contribution is -2.33. The van der Waals surface area contributed by atoms with E-state index in [1.165, 1.54) is 0 Å². The molecule has 1 aromatic rings. The number of nitrogens with one attached hydrogen (secondary N) is 1. The standard InChI is InChI=1S/C13H16N2O3/c1-10(8-16)7-15-13(17)9-18-12-5-3-2-4-11(12)6-14/h2-5,10,16H,7-9H2,1H3,(H,15,17). The van der Waals surface area contributed by atoms with Crippen LogP contribution in [0.1, 0.15) is 12.5 Å². The summed E-state index contributed by atoms with van der Waals surface area (Å²) in [4.78, 5) is 11.4. The summed E-state index contributed by atoms with van der Waals surface area (Å²) in [6.07, 6.45) is 0. The monoisotopic (exact) mass is 248 g/mol. The van der Waals surface area contributed by atoms with Crippen molar-refractivity contribution in [2.75, 3.05) is 19.8 Å². The Bertz CT molecular complexity index is 440. The maximum Gasteiger partial charge on any atom is 0.257 e. The van der Waals surface area contributed by atoms with Crippen LogP contribution in [0.5, 0.6) is 5.75 Å². The number of nitriles is 1. The summed E-state index contributed by atoms with van der Waals surface area (Å²) in [5, 5.41) is 20.3. The zero-order valence-electron chi connectivity index (χ0n) is 10.2. The summed E-state index contributed by atoms with van der Waals surface area (Å²) in [5.41, 5.74) is 0.397. The summed E-state index contributed by atoms with van der Waals surface area (Å²) in [7, 11) is 0. The third-order valence-corrected chi connectivity index (χ3v) is 2.33. The molecule has 0 aliphatic carbocycles. The molecule has 1 atom stereocenters. The maximum atomic E-state index is 11.4. The van der Waals surface area contributed by atoms with Crippen LogP contribution in [0.15, 0.2) is 24.3 Å². The average Bonchev–Trinajstić information content (AvgIpc) is 2.42. The van der Waals surface area contributed by atoms with E-state index in [9.17, 15) is 4.79 Å². The highest BCUT2D eigenvalue weighted by molar-refractivity contribution is 5.77. The van der Waals surface area contributed by atoms with E-state index in [1.807, 2.05) is 13.0 Å². The van der Waals surface area contributed by atoms with E-state index in [4.69, 9.17) is 15.1 Å². The zero-order valence-corrected chi connectivity index (χ0v) is 10.2. The summed E-state index contributed by atoms with van der Waals surface area (Å²) >= 11 is 0. The quantitative estimate of drug-likeness (QED) is 0.775. The lowest BCUT2D eigenvalue weighted by molar-refractivity contribution is -0.123. The number of nitrogens with zero attached hydrogens (tertiary/aromatic N) is 1. The minimum atomic E-state index is -0.275. The Morgan fingerprint density at radius 2 is 2.28 bits per heavy atom. The minimum absolute atomic E-state index is 0.0142. The molecule has 1 unspecified atom stereocenters. The fourth-order valence-electron chi connectivity index (χ4n) is 1.23. The highest BCUT2D eigenvalue weighted by Gasteiger charge is 2.07. The first kappa shape index (κ1) is 14.0. The van der Waals surface area contributed by atoms with Crippen LogP contribution in [0.2, 0.25) is 0 Å². The van der Waals surface area contributed by atoms with Gasteiger partial charge in [0.1, 0.15) is 11.8 Å². The van der Waals surface area contributed by atoms with Gasteiger partial charge in [0.05, 0.1) is 5.56 Å². The van der Waals surface area contributed by atoms with E-state index in [2.05, 4.69) is 5.32 Å². The summed E-state index contributed by atoms with van der Waals surface area (Å²) in [6.45, 7) is 2.11. The number of ether oxygens (including phenoxy) is 1. The topological polar surface area (TPSA) is 82.3 Å².